The molecular formula is C22H24F3N5O3S. The first-order valence-corrected chi connectivity index (χ1v) is 12.4. The zero-order valence-electron chi connectivity index (χ0n) is 18.8. The Labute approximate surface area is 195 Å². The molecule has 1 N–H and O–H groups in total. The molecule has 1 saturated heterocycles. The average molecular weight is 496 g/mol. The van der Waals surface area contributed by atoms with Gasteiger partial charge in [-0.1, -0.05) is 18.2 Å². The Morgan fingerprint density at radius 3 is 2.47 bits per heavy atom. The van der Waals surface area contributed by atoms with E-state index in [0.29, 0.717) is 28.2 Å². The SMILES string of the molecule is COc1nc2c(C)nnc(N[C@H](C)c3cccc(C(F)F)c3F)c2cc1N1CCS(=O)(=O)CC1. The zero-order chi connectivity index (χ0) is 24.6. The second kappa shape index (κ2) is 9.24. The largest absolute Gasteiger partial charge is 0.480 e. The summed E-state index contributed by atoms with van der Waals surface area (Å²) in [6, 6.07) is 4.94. The van der Waals surface area contributed by atoms with Gasteiger partial charge in [-0.15, -0.1) is 5.10 Å². The highest BCUT2D eigenvalue weighted by Crippen LogP contribution is 2.36. The minimum atomic E-state index is -3.09. The number of rotatable bonds is 6. The highest BCUT2D eigenvalue weighted by molar-refractivity contribution is 7.91. The van der Waals surface area contributed by atoms with Gasteiger partial charge in [-0.05, 0) is 19.9 Å². The van der Waals surface area contributed by atoms with E-state index in [4.69, 9.17) is 4.74 Å². The van der Waals surface area contributed by atoms with Crippen LogP contribution < -0.4 is 15.0 Å². The van der Waals surface area contributed by atoms with E-state index in [1.165, 1.54) is 19.2 Å². The van der Waals surface area contributed by atoms with Crippen LogP contribution in [0.3, 0.4) is 0 Å². The first kappa shape index (κ1) is 24.0. The van der Waals surface area contributed by atoms with Gasteiger partial charge in [-0.2, -0.15) is 5.10 Å². The molecule has 12 heteroatoms. The molecule has 1 aliphatic heterocycles. The number of methoxy groups -OCH3 is 1. The molecule has 34 heavy (non-hydrogen) atoms. The molecule has 0 unspecified atom stereocenters. The highest BCUT2D eigenvalue weighted by atomic mass is 32.2. The average Bonchev–Trinajstić information content (AvgIpc) is 2.80. The number of nitrogens with zero attached hydrogens (tertiary/aromatic N) is 4. The van der Waals surface area contributed by atoms with E-state index in [2.05, 4.69) is 20.5 Å². The van der Waals surface area contributed by atoms with Gasteiger partial charge in [0.15, 0.2) is 15.7 Å². The molecule has 1 aliphatic rings. The van der Waals surface area contributed by atoms with Crippen molar-refractivity contribution in [3.8, 4) is 5.88 Å². The molecule has 3 heterocycles. The van der Waals surface area contributed by atoms with Crippen molar-refractivity contribution in [2.24, 2.45) is 0 Å². The monoisotopic (exact) mass is 495 g/mol. The summed E-state index contributed by atoms with van der Waals surface area (Å²) in [6.07, 6.45) is -2.93. The predicted molar refractivity (Wildman–Crippen MR) is 123 cm³/mol. The van der Waals surface area contributed by atoms with Crippen molar-refractivity contribution in [2.45, 2.75) is 26.3 Å². The molecule has 0 aliphatic carbocycles. The number of sulfone groups is 1. The molecule has 0 radical (unpaired) electrons. The van der Waals surface area contributed by atoms with Crippen LogP contribution in [0.2, 0.25) is 0 Å². The second-order valence-electron chi connectivity index (χ2n) is 8.10. The second-order valence-corrected chi connectivity index (χ2v) is 10.4. The summed E-state index contributed by atoms with van der Waals surface area (Å²) in [7, 11) is -1.61. The summed E-state index contributed by atoms with van der Waals surface area (Å²) in [5.74, 6) is -0.335. The van der Waals surface area contributed by atoms with Gasteiger partial charge in [0.1, 0.15) is 17.0 Å². The van der Waals surface area contributed by atoms with E-state index >= 15 is 0 Å². The molecule has 1 atom stereocenters. The number of hydrogen-bond acceptors (Lipinski definition) is 8. The normalized spacial score (nSPS) is 16.6. The lowest BCUT2D eigenvalue weighted by Crippen LogP contribution is -2.40. The minimum Gasteiger partial charge on any atom is -0.480 e. The third-order valence-electron chi connectivity index (χ3n) is 5.86. The topological polar surface area (TPSA) is 97.3 Å². The van der Waals surface area contributed by atoms with E-state index < -0.39 is 33.7 Å². The lowest BCUT2D eigenvalue weighted by molar-refractivity contribution is 0.146. The molecule has 0 saturated carbocycles. The summed E-state index contributed by atoms with van der Waals surface area (Å²) in [5.41, 5.74) is 1.02. The summed E-state index contributed by atoms with van der Waals surface area (Å²) in [4.78, 5) is 6.45. The number of benzene rings is 1. The van der Waals surface area contributed by atoms with E-state index in [0.717, 1.165) is 6.07 Å². The van der Waals surface area contributed by atoms with E-state index in [9.17, 15) is 21.6 Å². The molecule has 0 amide bonds. The van der Waals surface area contributed by atoms with E-state index in [1.807, 2.05) is 4.90 Å². The number of ether oxygens (including phenoxy) is 1. The van der Waals surface area contributed by atoms with Crippen LogP contribution in [-0.4, -0.2) is 55.3 Å². The van der Waals surface area contributed by atoms with Crippen LogP contribution in [0, 0.1) is 12.7 Å². The first-order chi connectivity index (χ1) is 16.1. The number of pyridine rings is 1. The van der Waals surface area contributed by atoms with Crippen molar-refractivity contribution in [3.05, 3.63) is 46.9 Å². The smallest absolute Gasteiger partial charge is 0.266 e. The summed E-state index contributed by atoms with van der Waals surface area (Å²) >= 11 is 0. The quantitative estimate of drug-likeness (QED) is 0.551. The molecule has 1 aromatic carbocycles. The Balaban J connectivity index is 1.75. The fourth-order valence-corrected chi connectivity index (χ4v) is 5.16. The summed E-state index contributed by atoms with van der Waals surface area (Å²) in [5, 5.41) is 11.9. The maximum absolute atomic E-state index is 14.7. The highest BCUT2D eigenvalue weighted by Gasteiger charge is 2.26. The van der Waals surface area contributed by atoms with Gasteiger partial charge in [0.2, 0.25) is 5.88 Å². The van der Waals surface area contributed by atoms with Crippen LogP contribution in [0.25, 0.3) is 10.9 Å². The molecule has 0 spiro atoms. The molecule has 2 aromatic heterocycles. The standard InChI is InChI=1S/C22H24F3N5O3S/c1-12(14-5-4-6-15(18(14)23)20(24)25)26-21-16-11-17(30-7-9-34(31,32)10-8-30)22(33-3)27-19(16)13(2)28-29-21/h4-6,11-12,20H,7-10H2,1-3H3,(H,26,29)/t12-/m1/s1. The van der Waals surface area contributed by atoms with Gasteiger partial charge in [0, 0.05) is 24.0 Å². The van der Waals surface area contributed by atoms with Gasteiger partial charge in [0.25, 0.3) is 6.43 Å². The van der Waals surface area contributed by atoms with Crippen LogP contribution >= 0.6 is 0 Å². The number of alkyl halides is 2. The number of hydrogen-bond donors (Lipinski definition) is 1. The number of halogens is 3. The van der Waals surface area contributed by atoms with Crippen molar-refractivity contribution in [1.82, 2.24) is 15.2 Å². The molecule has 0 bridgehead atoms. The molecule has 182 valence electrons. The maximum Gasteiger partial charge on any atom is 0.266 e. The fourth-order valence-electron chi connectivity index (χ4n) is 3.96. The Kier molecular flexibility index (Phi) is 6.52. The van der Waals surface area contributed by atoms with Crippen LogP contribution in [0.1, 0.15) is 36.2 Å². The van der Waals surface area contributed by atoms with E-state index in [1.54, 1.807) is 19.9 Å². The van der Waals surface area contributed by atoms with Crippen molar-refractivity contribution in [3.63, 3.8) is 0 Å². The van der Waals surface area contributed by atoms with Gasteiger partial charge >= 0.3 is 0 Å². The van der Waals surface area contributed by atoms with Crippen LogP contribution in [0.5, 0.6) is 5.88 Å². The predicted octanol–water partition coefficient (Wildman–Crippen LogP) is 3.83. The Morgan fingerprint density at radius 2 is 1.82 bits per heavy atom. The van der Waals surface area contributed by atoms with Gasteiger partial charge < -0.3 is 15.0 Å². The number of nitrogens with one attached hydrogen (secondary N) is 1. The zero-order valence-corrected chi connectivity index (χ0v) is 19.7. The van der Waals surface area contributed by atoms with Crippen LogP contribution in [0.4, 0.5) is 24.7 Å². The lowest BCUT2D eigenvalue weighted by Gasteiger charge is -2.30. The number of anilines is 2. The fraction of sp³-hybridized carbons (Fsp3) is 0.409. The van der Waals surface area contributed by atoms with Crippen LogP contribution in [-0.2, 0) is 9.84 Å². The first-order valence-electron chi connectivity index (χ1n) is 10.6. The molecule has 3 aromatic rings. The molecule has 8 nitrogen and oxygen atoms in total. The van der Waals surface area contributed by atoms with Crippen molar-refractivity contribution < 1.29 is 26.3 Å². The van der Waals surface area contributed by atoms with Crippen molar-refractivity contribution in [1.29, 1.82) is 0 Å². The molecule has 1 fully saturated rings. The van der Waals surface area contributed by atoms with Crippen molar-refractivity contribution >= 4 is 32.2 Å². The third kappa shape index (κ3) is 4.59. The van der Waals surface area contributed by atoms with Gasteiger partial charge in [-0.25, -0.2) is 26.6 Å². The Hall–Kier alpha value is -3.15. The summed E-state index contributed by atoms with van der Waals surface area (Å²) < 4.78 is 70.2. The van der Waals surface area contributed by atoms with E-state index in [-0.39, 0.29) is 36.0 Å². The number of aryl methyl sites for hydroxylation is 1. The Bertz CT molecular complexity index is 1320. The Morgan fingerprint density at radius 1 is 1.15 bits per heavy atom. The van der Waals surface area contributed by atoms with Crippen molar-refractivity contribution in [2.75, 3.05) is 41.9 Å². The summed E-state index contributed by atoms with van der Waals surface area (Å²) in [6.45, 7) is 3.94. The number of aromatic nitrogens is 3. The number of fused-ring (bicyclic) bond motifs is 1. The lowest BCUT2D eigenvalue weighted by atomic mass is 10.0. The molecular weight excluding hydrogens is 471 g/mol. The van der Waals surface area contributed by atoms with Gasteiger partial charge in [0.05, 0.1) is 35.9 Å². The maximum atomic E-state index is 14.7. The van der Waals surface area contributed by atoms with Gasteiger partial charge in [-0.3, -0.25) is 0 Å². The van der Waals surface area contributed by atoms with Crippen LogP contribution in [0.15, 0.2) is 24.3 Å². The minimum absolute atomic E-state index is 0.0176. The third-order valence-corrected chi connectivity index (χ3v) is 7.47. The molecule has 4 rings (SSSR count).